The molecule has 4 aromatic carbocycles. The van der Waals surface area contributed by atoms with Crippen LogP contribution in [0.3, 0.4) is 0 Å². The number of H-pyrrole nitrogens is 1. The van der Waals surface area contributed by atoms with Crippen LogP contribution in [0.2, 0.25) is 0 Å². The van der Waals surface area contributed by atoms with Crippen molar-refractivity contribution >= 4 is 38.2 Å². The molecule has 0 atom stereocenters. The van der Waals surface area contributed by atoms with Gasteiger partial charge in [-0.05, 0) is 123 Å². The maximum Gasteiger partial charge on any atom is 0.257 e. The first-order valence-corrected chi connectivity index (χ1v) is 19.3. The lowest BCUT2D eigenvalue weighted by atomic mass is 9.99. The molecule has 0 unspecified atom stereocenters. The van der Waals surface area contributed by atoms with E-state index in [2.05, 4.69) is 99.4 Å². The first-order valence-electron chi connectivity index (χ1n) is 17.4. The number of aromatic nitrogens is 2. The standard InChI is InChI=1S/C42H45N5O3S/c1-30-24-31(2)26-35(25-30)41-38(39-27-37(18-19-40(39)45-41)44-42(48)34-13-9-21-43-28-34)20-23-47(29-33-11-5-4-6-12-33)22-8-7-10-32-14-16-36(17-15-32)46-51(3,49)50/h4-6,9,11-19,21,24-28,45-46H,7-8,10,20,22-23,29H2,1-3H3,(H,44,48). The highest BCUT2D eigenvalue weighted by atomic mass is 32.2. The van der Waals surface area contributed by atoms with Crippen molar-refractivity contribution in [3.63, 3.8) is 0 Å². The summed E-state index contributed by atoms with van der Waals surface area (Å²) in [6.45, 7) is 6.91. The molecule has 262 valence electrons. The highest BCUT2D eigenvalue weighted by Gasteiger charge is 2.17. The quantitative estimate of drug-likeness (QED) is 0.0932. The number of benzene rings is 4. The number of sulfonamides is 1. The zero-order chi connectivity index (χ0) is 35.8. The highest BCUT2D eigenvalue weighted by molar-refractivity contribution is 7.92. The number of nitrogens with one attached hydrogen (secondary N) is 3. The van der Waals surface area contributed by atoms with Gasteiger partial charge in [0.2, 0.25) is 10.0 Å². The Hall–Kier alpha value is -5.25. The highest BCUT2D eigenvalue weighted by Crippen LogP contribution is 2.34. The van der Waals surface area contributed by atoms with Crippen LogP contribution in [0.25, 0.3) is 22.2 Å². The lowest BCUT2D eigenvalue weighted by molar-refractivity contribution is 0.102. The van der Waals surface area contributed by atoms with Gasteiger partial charge in [-0.3, -0.25) is 19.4 Å². The van der Waals surface area contributed by atoms with Crippen molar-refractivity contribution in [2.24, 2.45) is 0 Å². The summed E-state index contributed by atoms with van der Waals surface area (Å²) in [5, 5.41) is 4.17. The molecule has 0 aliphatic heterocycles. The Labute approximate surface area is 301 Å². The van der Waals surface area contributed by atoms with E-state index >= 15 is 0 Å². The number of pyridine rings is 1. The van der Waals surface area contributed by atoms with Crippen molar-refractivity contribution in [2.45, 2.75) is 46.1 Å². The zero-order valence-corrected chi connectivity index (χ0v) is 30.3. The fourth-order valence-electron chi connectivity index (χ4n) is 6.65. The van der Waals surface area contributed by atoms with Gasteiger partial charge in [0.05, 0.1) is 11.8 Å². The van der Waals surface area contributed by atoms with Gasteiger partial charge in [0.1, 0.15) is 0 Å². The normalized spacial score (nSPS) is 11.6. The summed E-state index contributed by atoms with van der Waals surface area (Å²) >= 11 is 0. The number of hydrogen-bond donors (Lipinski definition) is 3. The van der Waals surface area contributed by atoms with Crippen LogP contribution < -0.4 is 10.0 Å². The van der Waals surface area contributed by atoms with E-state index < -0.39 is 10.0 Å². The monoisotopic (exact) mass is 699 g/mol. The fraction of sp³-hybridized carbons (Fsp3) is 0.238. The van der Waals surface area contributed by atoms with Crippen molar-refractivity contribution in [2.75, 3.05) is 29.4 Å². The largest absolute Gasteiger partial charge is 0.354 e. The molecule has 0 bridgehead atoms. The van der Waals surface area contributed by atoms with Gasteiger partial charge in [-0.2, -0.15) is 0 Å². The van der Waals surface area contributed by atoms with Crippen molar-refractivity contribution < 1.29 is 13.2 Å². The van der Waals surface area contributed by atoms with Gasteiger partial charge in [-0.25, -0.2) is 8.42 Å². The number of unbranched alkanes of at least 4 members (excludes halogenated alkanes) is 1. The van der Waals surface area contributed by atoms with Crippen molar-refractivity contribution in [3.8, 4) is 11.3 Å². The first-order chi connectivity index (χ1) is 24.6. The molecule has 0 spiro atoms. The van der Waals surface area contributed by atoms with Gasteiger partial charge in [0, 0.05) is 53.5 Å². The number of aromatic amines is 1. The van der Waals surface area contributed by atoms with Crippen LogP contribution in [0.5, 0.6) is 0 Å². The molecule has 9 heteroatoms. The van der Waals surface area contributed by atoms with Crippen LogP contribution in [-0.4, -0.2) is 48.5 Å². The number of rotatable bonds is 15. The summed E-state index contributed by atoms with van der Waals surface area (Å²) in [6, 6.07) is 34.5. The SMILES string of the molecule is Cc1cc(C)cc(-c2[nH]c3ccc(NC(=O)c4cccnc4)cc3c2CCN(CCCCc2ccc(NS(C)(=O)=O)cc2)Cc2ccccc2)c1. The first kappa shape index (κ1) is 35.6. The van der Waals surface area contributed by atoms with E-state index in [0.29, 0.717) is 11.3 Å². The lowest BCUT2D eigenvalue weighted by Gasteiger charge is -2.23. The maximum atomic E-state index is 13.0. The van der Waals surface area contributed by atoms with E-state index in [0.717, 1.165) is 79.4 Å². The molecule has 2 aromatic heterocycles. The molecule has 0 aliphatic rings. The van der Waals surface area contributed by atoms with E-state index in [-0.39, 0.29) is 5.91 Å². The Morgan fingerprint density at radius 3 is 2.24 bits per heavy atom. The predicted octanol–water partition coefficient (Wildman–Crippen LogP) is 8.54. The number of nitrogens with zero attached hydrogens (tertiary/aromatic N) is 2. The zero-order valence-electron chi connectivity index (χ0n) is 29.4. The third-order valence-electron chi connectivity index (χ3n) is 8.97. The summed E-state index contributed by atoms with van der Waals surface area (Å²) in [4.78, 5) is 23.4. The second-order valence-corrected chi connectivity index (χ2v) is 15.1. The number of amides is 1. The minimum atomic E-state index is -3.30. The van der Waals surface area contributed by atoms with Crippen LogP contribution in [0.4, 0.5) is 11.4 Å². The third kappa shape index (κ3) is 9.93. The number of carbonyl (C=O) groups excluding carboxylic acids is 1. The van der Waals surface area contributed by atoms with E-state index in [1.807, 2.05) is 30.3 Å². The van der Waals surface area contributed by atoms with Crippen molar-refractivity contribution in [1.29, 1.82) is 0 Å². The van der Waals surface area contributed by atoms with Crippen molar-refractivity contribution in [3.05, 3.63) is 149 Å². The van der Waals surface area contributed by atoms with Crippen molar-refractivity contribution in [1.82, 2.24) is 14.9 Å². The van der Waals surface area contributed by atoms with E-state index in [4.69, 9.17) is 0 Å². The average molecular weight is 700 g/mol. The fourth-order valence-corrected chi connectivity index (χ4v) is 7.21. The van der Waals surface area contributed by atoms with Gasteiger partial charge >= 0.3 is 0 Å². The molecule has 0 aliphatic carbocycles. The van der Waals surface area contributed by atoms with Gasteiger partial charge in [0.15, 0.2) is 0 Å². The molecule has 0 saturated carbocycles. The summed E-state index contributed by atoms with van der Waals surface area (Å²) in [5.41, 5.74) is 11.3. The van der Waals surface area contributed by atoms with E-state index in [1.165, 1.54) is 27.8 Å². The third-order valence-corrected chi connectivity index (χ3v) is 9.58. The molecule has 8 nitrogen and oxygen atoms in total. The minimum Gasteiger partial charge on any atom is -0.354 e. The summed E-state index contributed by atoms with van der Waals surface area (Å²) in [6.07, 6.45) is 8.18. The Kier molecular flexibility index (Phi) is 11.3. The molecule has 6 aromatic rings. The second-order valence-electron chi connectivity index (χ2n) is 13.4. The molecule has 3 N–H and O–H groups in total. The number of aryl methyl sites for hydroxylation is 3. The molecule has 1 amide bonds. The van der Waals surface area contributed by atoms with E-state index in [1.54, 1.807) is 24.5 Å². The van der Waals surface area contributed by atoms with Gasteiger partial charge in [0.25, 0.3) is 5.91 Å². The Balaban J connectivity index is 1.22. The number of anilines is 2. The topological polar surface area (TPSA) is 107 Å². The van der Waals surface area contributed by atoms with Gasteiger partial charge in [-0.1, -0.05) is 59.7 Å². The molecule has 0 radical (unpaired) electrons. The van der Waals surface area contributed by atoms with Gasteiger partial charge in [-0.15, -0.1) is 0 Å². The van der Waals surface area contributed by atoms with Crippen LogP contribution in [0.15, 0.2) is 116 Å². The Morgan fingerprint density at radius 2 is 1.53 bits per heavy atom. The molecular formula is C42H45N5O3S. The maximum absolute atomic E-state index is 13.0. The molecule has 0 fully saturated rings. The van der Waals surface area contributed by atoms with Crippen LogP contribution in [-0.2, 0) is 29.4 Å². The summed E-state index contributed by atoms with van der Waals surface area (Å²) in [7, 11) is -3.30. The second kappa shape index (κ2) is 16.2. The van der Waals surface area contributed by atoms with Gasteiger partial charge < -0.3 is 10.3 Å². The van der Waals surface area contributed by atoms with Crippen LogP contribution >= 0.6 is 0 Å². The Bertz CT molecular complexity index is 2180. The van der Waals surface area contributed by atoms with Crippen LogP contribution in [0.1, 0.15) is 51.0 Å². The lowest BCUT2D eigenvalue weighted by Crippen LogP contribution is -2.27. The molecule has 6 rings (SSSR count). The Morgan fingerprint density at radius 1 is 0.784 bits per heavy atom. The number of carbonyl (C=O) groups is 1. The number of hydrogen-bond acceptors (Lipinski definition) is 5. The molecule has 51 heavy (non-hydrogen) atoms. The molecular weight excluding hydrogens is 655 g/mol. The smallest absolute Gasteiger partial charge is 0.257 e. The summed E-state index contributed by atoms with van der Waals surface area (Å²) < 4.78 is 25.7. The minimum absolute atomic E-state index is 0.190. The predicted molar refractivity (Wildman–Crippen MR) is 209 cm³/mol. The van der Waals surface area contributed by atoms with E-state index in [9.17, 15) is 13.2 Å². The molecule has 2 heterocycles. The average Bonchev–Trinajstić information content (AvgIpc) is 3.47. The molecule has 0 saturated heterocycles. The summed E-state index contributed by atoms with van der Waals surface area (Å²) in [5.74, 6) is -0.190. The van der Waals surface area contributed by atoms with Crippen LogP contribution in [0, 0.1) is 13.8 Å². The number of fused-ring (bicyclic) bond motifs is 1.